The molecule has 0 N–H and O–H groups in total. The molecule has 0 bridgehead atoms. The van der Waals surface area contributed by atoms with Crippen LogP contribution < -0.4 is 4.74 Å². The number of hydrogen-bond acceptors (Lipinski definition) is 9. The van der Waals surface area contributed by atoms with Crippen LogP contribution in [0, 0.1) is 29.1 Å². The molecule has 0 aromatic heterocycles. The van der Waals surface area contributed by atoms with Gasteiger partial charge in [-0.25, -0.2) is 37.2 Å². The van der Waals surface area contributed by atoms with Gasteiger partial charge >= 0.3 is 24.2 Å². The van der Waals surface area contributed by atoms with Crippen LogP contribution in [-0.4, -0.2) is 69.8 Å². The zero-order valence-electron chi connectivity index (χ0n) is 19.8. The molecular weight excluding hydrogens is 519 g/mol. The molecule has 11 nitrogen and oxygen atoms in total. The number of hydrogen-bond donors (Lipinski definition) is 0. The molecule has 0 saturated carbocycles. The molecule has 4 atom stereocenters. The number of nitrogens with zero attached hydrogens (tertiary/aromatic N) is 2. The number of ether oxygens (including phenoxy) is 4. The Morgan fingerprint density at radius 2 is 1.19 bits per heavy atom. The van der Waals surface area contributed by atoms with Crippen LogP contribution in [0.2, 0.25) is 0 Å². The summed E-state index contributed by atoms with van der Waals surface area (Å²) >= 11 is 0. The summed E-state index contributed by atoms with van der Waals surface area (Å²) in [5.41, 5.74) is -1.13. The number of carbonyl (C=O) groups excluding carboxylic acids is 5. The van der Waals surface area contributed by atoms with Crippen LogP contribution in [-0.2, 0) is 23.8 Å². The summed E-state index contributed by atoms with van der Waals surface area (Å²) in [5.74, 6) is -17.5. The van der Waals surface area contributed by atoms with Crippen molar-refractivity contribution in [2.45, 2.75) is 64.5 Å². The van der Waals surface area contributed by atoms with Gasteiger partial charge in [-0.2, -0.15) is 13.7 Å². The highest BCUT2D eigenvalue weighted by Crippen LogP contribution is 2.32. The van der Waals surface area contributed by atoms with E-state index in [0.717, 1.165) is 6.92 Å². The summed E-state index contributed by atoms with van der Waals surface area (Å²) in [6.07, 6.45) is -7.06. The highest BCUT2D eigenvalue weighted by atomic mass is 19.2. The molecule has 37 heavy (non-hydrogen) atoms. The van der Waals surface area contributed by atoms with Crippen molar-refractivity contribution in [1.82, 2.24) is 9.80 Å². The number of imide groups is 2. The van der Waals surface area contributed by atoms with Gasteiger partial charge in [0.2, 0.25) is 34.8 Å². The van der Waals surface area contributed by atoms with E-state index in [4.69, 9.17) is 14.2 Å². The summed E-state index contributed by atoms with van der Waals surface area (Å²) in [7, 11) is 0. The number of rotatable bonds is 3. The van der Waals surface area contributed by atoms with Gasteiger partial charge in [-0.1, -0.05) is 0 Å². The van der Waals surface area contributed by atoms with Gasteiger partial charge < -0.3 is 18.9 Å². The van der Waals surface area contributed by atoms with Gasteiger partial charge in [0.1, 0.15) is 17.8 Å². The smallest absolute Gasteiger partial charge is 0.420 e. The fourth-order valence-electron chi connectivity index (χ4n) is 3.52. The molecule has 2 aliphatic heterocycles. The number of cyclic esters (lactones) is 2. The molecule has 16 heteroatoms. The zero-order valence-corrected chi connectivity index (χ0v) is 19.8. The van der Waals surface area contributed by atoms with E-state index in [2.05, 4.69) is 4.74 Å². The molecule has 1 aromatic carbocycles. The van der Waals surface area contributed by atoms with Crippen LogP contribution in [0.25, 0.3) is 0 Å². The molecule has 4 amide bonds. The van der Waals surface area contributed by atoms with Crippen molar-refractivity contribution in [3.8, 4) is 5.75 Å². The van der Waals surface area contributed by atoms with E-state index in [1.54, 1.807) is 0 Å². The molecular formula is C21H19F5N2O9. The minimum atomic E-state index is -2.51. The number of carbonyl (C=O) groups is 5. The first kappa shape index (κ1) is 27.6. The second-order valence-corrected chi connectivity index (χ2v) is 8.95. The predicted octanol–water partition coefficient (Wildman–Crippen LogP) is 3.17. The lowest BCUT2D eigenvalue weighted by molar-refractivity contribution is -0.147. The molecule has 0 radical (unpaired) electrons. The van der Waals surface area contributed by atoms with Crippen molar-refractivity contribution in [1.29, 1.82) is 0 Å². The molecule has 1 aromatic rings. The third kappa shape index (κ3) is 4.86. The molecule has 2 heterocycles. The Morgan fingerprint density at radius 1 is 0.757 bits per heavy atom. The van der Waals surface area contributed by atoms with Gasteiger partial charge in [0.05, 0.1) is 0 Å². The van der Waals surface area contributed by atoms with Gasteiger partial charge in [-0.3, -0.25) is 4.79 Å². The highest BCUT2D eigenvalue weighted by molar-refractivity contribution is 6.05. The number of benzene rings is 1. The molecule has 3 rings (SSSR count). The van der Waals surface area contributed by atoms with Crippen molar-refractivity contribution < 1.29 is 64.9 Å². The van der Waals surface area contributed by atoms with Gasteiger partial charge in [0, 0.05) is 0 Å². The summed E-state index contributed by atoms with van der Waals surface area (Å²) in [6.45, 7) is 6.60. The molecule has 202 valence electrons. The Balaban J connectivity index is 1.96. The van der Waals surface area contributed by atoms with Gasteiger partial charge in [-0.05, 0) is 34.6 Å². The van der Waals surface area contributed by atoms with E-state index in [1.807, 2.05) is 0 Å². The Labute approximate surface area is 205 Å². The second-order valence-electron chi connectivity index (χ2n) is 8.95. The molecule has 2 saturated heterocycles. The molecule has 2 aliphatic rings. The number of esters is 1. The maximum absolute atomic E-state index is 14.0. The number of amides is 4. The Hall–Kier alpha value is -3.98. The van der Waals surface area contributed by atoms with Crippen molar-refractivity contribution >= 4 is 30.2 Å². The van der Waals surface area contributed by atoms with E-state index in [9.17, 15) is 45.9 Å². The lowest BCUT2D eigenvalue weighted by Gasteiger charge is -2.28. The standard InChI is InChI=1S/C21H19F5N2O9/c1-6-13(28(19(32)34-6)20(33)37-21(3,4)5)16(29)27-14(7(2)35-18(27)31)17(30)36-15-11(25)9(23)8(22)10(24)12(15)26/h6-7,13-14H,1-5H3/t6-,7-,13+,14+/m1/s1. The fraction of sp³-hybridized carbons (Fsp3) is 0.476. The van der Waals surface area contributed by atoms with Crippen LogP contribution >= 0.6 is 0 Å². The molecule has 0 unspecified atom stereocenters. The van der Waals surface area contributed by atoms with Crippen LogP contribution in [0.3, 0.4) is 0 Å². The van der Waals surface area contributed by atoms with Crippen molar-refractivity contribution in [3.63, 3.8) is 0 Å². The van der Waals surface area contributed by atoms with Crippen LogP contribution in [0.4, 0.5) is 36.3 Å². The molecule has 0 aliphatic carbocycles. The monoisotopic (exact) mass is 538 g/mol. The normalized spacial score (nSPS) is 23.6. The minimum absolute atomic E-state index is 0.0829. The summed E-state index contributed by atoms with van der Waals surface area (Å²) in [6, 6.07) is -4.00. The SMILES string of the molecule is C[C@H]1OC(=O)N(C(=O)OC(C)(C)C)[C@@H]1C(=O)N1C(=O)O[C@H](C)[C@H]1C(=O)Oc1c(F)c(F)c(F)c(F)c1F. The second kappa shape index (κ2) is 9.48. The topological polar surface area (TPSA) is 129 Å². The summed E-state index contributed by atoms with van der Waals surface area (Å²) < 4.78 is 87.4. The van der Waals surface area contributed by atoms with Gasteiger partial charge in [0.25, 0.3) is 5.91 Å². The lowest BCUT2D eigenvalue weighted by atomic mass is 10.1. The Morgan fingerprint density at radius 3 is 1.68 bits per heavy atom. The fourth-order valence-corrected chi connectivity index (χ4v) is 3.52. The first-order valence-corrected chi connectivity index (χ1v) is 10.5. The quantitative estimate of drug-likeness (QED) is 0.142. The van der Waals surface area contributed by atoms with Crippen molar-refractivity contribution in [2.24, 2.45) is 0 Å². The van der Waals surface area contributed by atoms with E-state index in [-0.39, 0.29) is 9.80 Å². The van der Waals surface area contributed by atoms with Crippen molar-refractivity contribution in [2.75, 3.05) is 0 Å². The van der Waals surface area contributed by atoms with E-state index in [1.165, 1.54) is 27.7 Å². The van der Waals surface area contributed by atoms with Gasteiger partial charge in [-0.15, -0.1) is 0 Å². The van der Waals surface area contributed by atoms with E-state index >= 15 is 0 Å². The van der Waals surface area contributed by atoms with E-state index < -0.39 is 94.9 Å². The Kier molecular flexibility index (Phi) is 7.07. The van der Waals surface area contributed by atoms with Crippen LogP contribution in [0.15, 0.2) is 0 Å². The maximum atomic E-state index is 14.0. The molecule has 2 fully saturated rings. The van der Waals surface area contributed by atoms with E-state index in [0.29, 0.717) is 0 Å². The zero-order chi connectivity index (χ0) is 28.1. The first-order chi connectivity index (χ1) is 17.0. The minimum Gasteiger partial charge on any atom is -0.443 e. The average molecular weight is 538 g/mol. The third-order valence-corrected chi connectivity index (χ3v) is 5.11. The Bertz CT molecular complexity index is 1170. The maximum Gasteiger partial charge on any atom is 0.420 e. The summed E-state index contributed by atoms with van der Waals surface area (Å²) in [5, 5.41) is 0. The largest absolute Gasteiger partial charge is 0.443 e. The summed E-state index contributed by atoms with van der Waals surface area (Å²) in [4.78, 5) is 63.6. The lowest BCUT2D eigenvalue weighted by Crippen LogP contribution is -2.57. The van der Waals surface area contributed by atoms with Crippen LogP contribution in [0.1, 0.15) is 34.6 Å². The third-order valence-electron chi connectivity index (χ3n) is 5.11. The van der Waals surface area contributed by atoms with Gasteiger partial charge in [0.15, 0.2) is 12.1 Å². The molecule has 0 spiro atoms. The van der Waals surface area contributed by atoms with Crippen molar-refractivity contribution in [3.05, 3.63) is 29.1 Å². The number of halogens is 5. The first-order valence-electron chi connectivity index (χ1n) is 10.5. The van der Waals surface area contributed by atoms with Crippen LogP contribution in [0.5, 0.6) is 5.75 Å². The predicted molar refractivity (Wildman–Crippen MR) is 106 cm³/mol. The average Bonchev–Trinajstić information content (AvgIpc) is 3.25. The highest BCUT2D eigenvalue weighted by Gasteiger charge is 2.57.